The maximum absolute atomic E-state index is 12.8. The van der Waals surface area contributed by atoms with Gasteiger partial charge in [0.05, 0.1) is 12.7 Å². The number of rotatable bonds is 5. The molecule has 0 radical (unpaired) electrons. The molecule has 0 saturated carbocycles. The van der Waals surface area contributed by atoms with Crippen LogP contribution in [0.25, 0.3) is 0 Å². The second-order valence-corrected chi connectivity index (χ2v) is 6.88. The summed E-state index contributed by atoms with van der Waals surface area (Å²) in [5.41, 5.74) is 3.40. The monoisotopic (exact) mass is 360 g/mol. The molecule has 0 aliphatic carbocycles. The lowest BCUT2D eigenvalue weighted by Crippen LogP contribution is -2.49. The van der Waals surface area contributed by atoms with E-state index in [2.05, 4.69) is 50.8 Å². The number of imidazole rings is 1. The zero-order valence-electron chi connectivity index (χ0n) is 15.4. The molecule has 1 amide bonds. The van der Waals surface area contributed by atoms with Gasteiger partial charge in [0.2, 0.25) is 5.91 Å². The smallest absolute Gasteiger partial charge is 0.228 e. The molecule has 0 N–H and O–H groups in total. The van der Waals surface area contributed by atoms with E-state index in [1.54, 1.807) is 6.20 Å². The summed E-state index contributed by atoms with van der Waals surface area (Å²) in [6.45, 7) is 4.02. The highest BCUT2D eigenvalue weighted by Crippen LogP contribution is 2.16. The number of carbonyl (C=O) groups is 1. The Kier molecular flexibility index (Phi) is 5.19. The zero-order valence-corrected chi connectivity index (χ0v) is 15.4. The highest BCUT2D eigenvalue weighted by molar-refractivity contribution is 5.78. The van der Waals surface area contributed by atoms with Gasteiger partial charge in [-0.25, -0.2) is 4.98 Å². The molecule has 1 saturated heterocycles. The molecule has 0 bridgehead atoms. The molecule has 1 aromatic heterocycles. The lowest BCUT2D eigenvalue weighted by atomic mass is 10.2. The topological polar surface area (TPSA) is 41.4 Å². The summed E-state index contributed by atoms with van der Waals surface area (Å²) in [7, 11) is 0. The molecule has 1 fully saturated rings. The molecule has 2 heterocycles. The molecule has 0 atom stereocenters. The fourth-order valence-electron chi connectivity index (χ4n) is 3.54. The molecule has 1 aliphatic heterocycles. The molecule has 5 heteroatoms. The van der Waals surface area contributed by atoms with E-state index in [0.29, 0.717) is 6.42 Å². The fraction of sp³-hybridized carbons (Fsp3) is 0.273. The second-order valence-electron chi connectivity index (χ2n) is 6.88. The van der Waals surface area contributed by atoms with Crippen LogP contribution in [0.3, 0.4) is 0 Å². The van der Waals surface area contributed by atoms with Crippen LogP contribution in [-0.2, 0) is 17.8 Å². The van der Waals surface area contributed by atoms with E-state index in [-0.39, 0.29) is 5.91 Å². The minimum absolute atomic E-state index is 0.178. The minimum atomic E-state index is 0.178. The summed E-state index contributed by atoms with van der Waals surface area (Å²) in [6.07, 6.45) is 4.02. The van der Waals surface area contributed by atoms with Gasteiger partial charge in [0.15, 0.2) is 0 Å². The Morgan fingerprint density at radius 1 is 0.889 bits per heavy atom. The molecule has 3 aromatic rings. The largest absolute Gasteiger partial charge is 0.368 e. The Morgan fingerprint density at radius 3 is 2.26 bits per heavy atom. The first-order chi connectivity index (χ1) is 13.3. The van der Waals surface area contributed by atoms with E-state index in [9.17, 15) is 4.79 Å². The summed E-state index contributed by atoms with van der Waals surface area (Å²) in [5, 5.41) is 0. The fourth-order valence-corrected chi connectivity index (χ4v) is 3.54. The normalized spacial score (nSPS) is 14.4. The van der Waals surface area contributed by atoms with Crippen LogP contribution in [0.2, 0.25) is 0 Å². The van der Waals surface area contributed by atoms with Crippen LogP contribution < -0.4 is 4.90 Å². The third kappa shape index (κ3) is 4.19. The number of anilines is 1. The molecule has 27 heavy (non-hydrogen) atoms. The lowest BCUT2D eigenvalue weighted by molar-refractivity contribution is -0.130. The Morgan fingerprint density at radius 2 is 1.56 bits per heavy atom. The summed E-state index contributed by atoms with van der Waals surface area (Å²) in [5.74, 6) is 0.178. The summed E-state index contributed by atoms with van der Waals surface area (Å²) < 4.78 is 2.06. The molecule has 1 aliphatic rings. The molecule has 2 aromatic carbocycles. The van der Waals surface area contributed by atoms with E-state index in [1.165, 1.54) is 11.3 Å². The molecular formula is C22H24N4O. The Hall–Kier alpha value is -3.08. The zero-order chi connectivity index (χ0) is 18.5. The van der Waals surface area contributed by atoms with Crippen LogP contribution in [0.5, 0.6) is 0 Å². The van der Waals surface area contributed by atoms with Crippen LogP contribution in [0.15, 0.2) is 73.2 Å². The third-order valence-electron chi connectivity index (χ3n) is 5.08. The first kappa shape index (κ1) is 17.3. The molecular weight excluding hydrogens is 336 g/mol. The van der Waals surface area contributed by atoms with Crippen molar-refractivity contribution in [3.8, 4) is 0 Å². The van der Waals surface area contributed by atoms with Crippen molar-refractivity contribution in [1.82, 2.24) is 14.5 Å². The van der Waals surface area contributed by atoms with Gasteiger partial charge in [-0.1, -0.05) is 48.5 Å². The second kappa shape index (κ2) is 8.08. The Balaban J connectivity index is 1.35. The van der Waals surface area contributed by atoms with Gasteiger partial charge in [-0.2, -0.15) is 0 Å². The van der Waals surface area contributed by atoms with Crippen molar-refractivity contribution in [2.45, 2.75) is 13.0 Å². The number of carbonyl (C=O) groups excluding carboxylic acids is 1. The number of para-hydroxylation sites is 1. The van der Waals surface area contributed by atoms with Gasteiger partial charge < -0.3 is 14.4 Å². The van der Waals surface area contributed by atoms with E-state index >= 15 is 0 Å². The van der Waals surface area contributed by atoms with E-state index < -0.39 is 0 Å². The van der Waals surface area contributed by atoms with Crippen LogP contribution >= 0.6 is 0 Å². The lowest BCUT2D eigenvalue weighted by Gasteiger charge is -2.36. The van der Waals surface area contributed by atoms with Gasteiger partial charge in [0.25, 0.3) is 0 Å². The Labute approximate surface area is 159 Å². The van der Waals surface area contributed by atoms with E-state index in [1.807, 2.05) is 35.5 Å². The summed E-state index contributed by atoms with van der Waals surface area (Å²) in [4.78, 5) is 21.3. The summed E-state index contributed by atoms with van der Waals surface area (Å²) in [6, 6.07) is 20.6. The van der Waals surface area contributed by atoms with Crippen molar-refractivity contribution in [3.63, 3.8) is 0 Å². The standard InChI is InChI=1S/C22H24N4O/c27-22(25-13-11-24(12-14-25)20-9-5-2-6-10-20)15-21-16-23-18-26(21)17-19-7-3-1-4-8-19/h1-10,16,18H,11-15,17H2. The minimum Gasteiger partial charge on any atom is -0.368 e. The predicted molar refractivity (Wildman–Crippen MR) is 107 cm³/mol. The summed E-state index contributed by atoms with van der Waals surface area (Å²) >= 11 is 0. The first-order valence-corrected chi connectivity index (χ1v) is 9.40. The average Bonchev–Trinajstić information content (AvgIpc) is 3.16. The molecule has 0 unspecified atom stereocenters. The quantitative estimate of drug-likeness (QED) is 0.703. The van der Waals surface area contributed by atoms with Crippen LogP contribution in [0.4, 0.5) is 5.69 Å². The number of amides is 1. The van der Waals surface area contributed by atoms with Crippen molar-refractivity contribution in [1.29, 1.82) is 0 Å². The van der Waals surface area contributed by atoms with Crippen molar-refractivity contribution in [2.75, 3.05) is 31.1 Å². The van der Waals surface area contributed by atoms with Gasteiger partial charge in [0.1, 0.15) is 0 Å². The van der Waals surface area contributed by atoms with Crippen LogP contribution in [0, 0.1) is 0 Å². The van der Waals surface area contributed by atoms with Crippen molar-refractivity contribution < 1.29 is 4.79 Å². The van der Waals surface area contributed by atoms with Gasteiger partial charge in [-0.3, -0.25) is 4.79 Å². The number of benzene rings is 2. The predicted octanol–water partition coefficient (Wildman–Crippen LogP) is 2.82. The number of nitrogens with zero attached hydrogens (tertiary/aromatic N) is 4. The third-order valence-corrected chi connectivity index (χ3v) is 5.08. The number of hydrogen-bond acceptors (Lipinski definition) is 3. The van der Waals surface area contributed by atoms with E-state index in [0.717, 1.165) is 38.4 Å². The molecule has 4 rings (SSSR count). The van der Waals surface area contributed by atoms with Crippen LogP contribution in [-0.4, -0.2) is 46.5 Å². The Bertz CT molecular complexity index is 868. The number of piperazine rings is 1. The van der Waals surface area contributed by atoms with Crippen LogP contribution in [0.1, 0.15) is 11.3 Å². The van der Waals surface area contributed by atoms with Crippen molar-refractivity contribution in [3.05, 3.63) is 84.4 Å². The SMILES string of the molecule is O=C(Cc1cncn1Cc1ccccc1)N1CCN(c2ccccc2)CC1. The molecule has 5 nitrogen and oxygen atoms in total. The maximum Gasteiger partial charge on any atom is 0.228 e. The van der Waals surface area contributed by atoms with Gasteiger partial charge in [-0.05, 0) is 17.7 Å². The first-order valence-electron chi connectivity index (χ1n) is 9.40. The van der Waals surface area contributed by atoms with Crippen molar-refractivity contribution in [2.24, 2.45) is 0 Å². The number of aromatic nitrogens is 2. The van der Waals surface area contributed by atoms with Crippen molar-refractivity contribution >= 4 is 11.6 Å². The van der Waals surface area contributed by atoms with Gasteiger partial charge >= 0.3 is 0 Å². The average molecular weight is 360 g/mol. The molecule has 138 valence electrons. The molecule has 0 spiro atoms. The highest BCUT2D eigenvalue weighted by atomic mass is 16.2. The van der Waals surface area contributed by atoms with Gasteiger partial charge in [0, 0.05) is 50.3 Å². The van der Waals surface area contributed by atoms with E-state index in [4.69, 9.17) is 0 Å². The number of hydrogen-bond donors (Lipinski definition) is 0. The highest BCUT2D eigenvalue weighted by Gasteiger charge is 2.22. The van der Waals surface area contributed by atoms with Gasteiger partial charge in [-0.15, -0.1) is 0 Å². The maximum atomic E-state index is 12.8.